The monoisotopic (exact) mass is 628 g/mol. The summed E-state index contributed by atoms with van der Waals surface area (Å²) < 4.78 is 36.9. The van der Waals surface area contributed by atoms with Gasteiger partial charge in [-0.25, -0.2) is 14.5 Å². The SMILES string of the molecule is CCOc1cc(/C=C2\C(=O)NC(=O)N(c3ccc(C(=O)O)cc3)C2=O)cc(Br)c1OS(=O)(=O)c1ccc(C)cc1. The third kappa shape index (κ3) is 5.90. The number of halogens is 1. The number of rotatable bonds is 8. The first-order valence-electron chi connectivity index (χ1n) is 11.6. The number of imide groups is 2. The predicted octanol–water partition coefficient (Wildman–Crippen LogP) is 4.29. The molecule has 11 nitrogen and oxygen atoms in total. The highest BCUT2D eigenvalue weighted by molar-refractivity contribution is 9.10. The van der Waals surface area contributed by atoms with Crippen LogP contribution in [0.2, 0.25) is 0 Å². The maximum absolute atomic E-state index is 13.2. The molecule has 0 aromatic heterocycles. The Hall–Kier alpha value is -4.49. The first-order chi connectivity index (χ1) is 18.9. The lowest BCUT2D eigenvalue weighted by Gasteiger charge is -2.26. The number of carbonyl (C=O) groups excluding carboxylic acids is 3. The largest absolute Gasteiger partial charge is 0.490 e. The topological polar surface area (TPSA) is 156 Å². The maximum atomic E-state index is 13.2. The Morgan fingerprint density at radius 3 is 2.30 bits per heavy atom. The number of ether oxygens (including phenoxy) is 1. The molecule has 0 saturated carbocycles. The Kier molecular flexibility index (Phi) is 8.07. The van der Waals surface area contributed by atoms with Crippen LogP contribution >= 0.6 is 15.9 Å². The molecule has 40 heavy (non-hydrogen) atoms. The number of nitrogens with one attached hydrogen (secondary N) is 1. The molecule has 1 saturated heterocycles. The Morgan fingerprint density at radius 2 is 1.70 bits per heavy atom. The van der Waals surface area contributed by atoms with Gasteiger partial charge in [0.25, 0.3) is 11.8 Å². The molecule has 0 atom stereocenters. The molecule has 1 heterocycles. The zero-order valence-electron chi connectivity index (χ0n) is 21.0. The Labute approximate surface area is 237 Å². The fraction of sp³-hybridized carbons (Fsp3) is 0.111. The van der Waals surface area contributed by atoms with E-state index >= 15 is 0 Å². The number of aryl methyl sites for hydroxylation is 1. The standard InChI is InChI=1S/C27H21BrN2O9S/c1-3-38-22-14-16(13-21(28)23(22)39-40(36,37)19-10-4-15(2)5-11-19)12-20-24(31)29-27(35)30(25(20)32)18-8-6-17(7-9-18)26(33)34/h4-14H,3H2,1-2H3,(H,33,34)(H,29,31,35)/b20-12+. The fourth-order valence-electron chi connectivity index (χ4n) is 3.69. The zero-order chi connectivity index (χ0) is 29.2. The molecule has 206 valence electrons. The molecule has 4 amide bonds. The lowest BCUT2D eigenvalue weighted by Crippen LogP contribution is -2.54. The van der Waals surface area contributed by atoms with Crippen LogP contribution in [0.25, 0.3) is 6.08 Å². The van der Waals surface area contributed by atoms with Gasteiger partial charge in [-0.15, -0.1) is 0 Å². The van der Waals surface area contributed by atoms with Gasteiger partial charge in [-0.1, -0.05) is 17.7 Å². The molecule has 0 spiro atoms. The highest BCUT2D eigenvalue weighted by Crippen LogP contribution is 2.39. The Bertz CT molecular complexity index is 1670. The van der Waals surface area contributed by atoms with E-state index in [0.717, 1.165) is 5.56 Å². The minimum atomic E-state index is -4.23. The van der Waals surface area contributed by atoms with Crippen molar-refractivity contribution in [2.75, 3.05) is 11.5 Å². The van der Waals surface area contributed by atoms with E-state index in [4.69, 9.17) is 14.0 Å². The Morgan fingerprint density at radius 1 is 1.05 bits per heavy atom. The summed E-state index contributed by atoms with van der Waals surface area (Å²) in [6.07, 6.45) is 1.20. The number of urea groups is 1. The van der Waals surface area contributed by atoms with Crippen molar-refractivity contribution in [1.29, 1.82) is 0 Å². The van der Waals surface area contributed by atoms with Crippen molar-refractivity contribution in [1.82, 2.24) is 5.32 Å². The van der Waals surface area contributed by atoms with Crippen LogP contribution in [0, 0.1) is 6.92 Å². The van der Waals surface area contributed by atoms with Crippen LogP contribution in [0.3, 0.4) is 0 Å². The third-order valence-corrected chi connectivity index (χ3v) is 7.44. The number of benzene rings is 3. The second-order valence-corrected chi connectivity index (χ2v) is 10.8. The average molecular weight is 629 g/mol. The first kappa shape index (κ1) is 28.5. The van der Waals surface area contributed by atoms with Crippen molar-refractivity contribution in [3.8, 4) is 11.5 Å². The molecule has 13 heteroatoms. The number of carboxylic acids is 1. The maximum Gasteiger partial charge on any atom is 0.339 e. The van der Waals surface area contributed by atoms with Crippen molar-refractivity contribution in [2.24, 2.45) is 0 Å². The molecule has 2 N–H and O–H groups in total. The van der Waals surface area contributed by atoms with E-state index in [1.54, 1.807) is 19.1 Å². The summed E-state index contributed by atoms with van der Waals surface area (Å²) >= 11 is 3.28. The highest BCUT2D eigenvalue weighted by atomic mass is 79.9. The summed E-state index contributed by atoms with van der Waals surface area (Å²) in [6, 6.07) is 12.8. The average Bonchev–Trinajstić information content (AvgIpc) is 2.89. The van der Waals surface area contributed by atoms with E-state index in [9.17, 15) is 27.6 Å². The van der Waals surface area contributed by atoms with Crippen molar-refractivity contribution in [3.63, 3.8) is 0 Å². The molecule has 3 aromatic rings. The van der Waals surface area contributed by atoms with Gasteiger partial charge in [0.2, 0.25) is 0 Å². The second-order valence-electron chi connectivity index (χ2n) is 8.42. The predicted molar refractivity (Wildman–Crippen MR) is 147 cm³/mol. The summed E-state index contributed by atoms with van der Waals surface area (Å²) in [6.45, 7) is 3.63. The summed E-state index contributed by atoms with van der Waals surface area (Å²) in [5.41, 5.74) is 0.709. The normalized spacial score (nSPS) is 14.7. The number of hydrogen-bond acceptors (Lipinski definition) is 8. The van der Waals surface area contributed by atoms with Gasteiger partial charge in [-0.05, 0) is 89.9 Å². The first-order valence-corrected chi connectivity index (χ1v) is 13.8. The number of barbiturate groups is 1. The highest BCUT2D eigenvalue weighted by Gasteiger charge is 2.37. The summed E-state index contributed by atoms with van der Waals surface area (Å²) in [7, 11) is -4.23. The van der Waals surface area contributed by atoms with E-state index in [1.165, 1.54) is 54.6 Å². The molecule has 0 radical (unpaired) electrons. The van der Waals surface area contributed by atoms with Crippen molar-refractivity contribution < 1.29 is 41.6 Å². The quantitative estimate of drug-likeness (QED) is 0.211. The van der Waals surface area contributed by atoms with Gasteiger partial charge < -0.3 is 14.0 Å². The van der Waals surface area contributed by atoms with Crippen LogP contribution in [0.1, 0.15) is 28.4 Å². The molecule has 0 bridgehead atoms. The van der Waals surface area contributed by atoms with Crippen LogP contribution in [-0.4, -0.2) is 43.9 Å². The number of aromatic carboxylic acids is 1. The number of hydrogen-bond donors (Lipinski definition) is 2. The summed E-state index contributed by atoms with van der Waals surface area (Å²) in [5, 5.41) is 11.2. The van der Waals surface area contributed by atoms with Crippen molar-refractivity contribution >= 4 is 61.6 Å². The van der Waals surface area contributed by atoms with Gasteiger partial charge in [0.1, 0.15) is 10.5 Å². The smallest absolute Gasteiger partial charge is 0.339 e. The molecule has 4 rings (SSSR count). The molecule has 3 aromatic carbocycles. The van der Waals surface area contributed by atoms with Crippen LogP contribution in [0.15, 0.2) is 75.6 Å². The van der Waals surface area contributed by atoms with Gasteiger partial charge in [-0.3, -0.25) is 14.9 Å². The molecule has 1 aliphatic heterocycles. The van der Waals surface area contributed by atoms with Crippen LogP contribution < -0.4 is 19.1 Å². The second kappa shape index (κ2) is 11.3. The molecule has 0 aliphatic carbocycles. The van der Waals surface area contributed by atoms with Crippen LogP contribution in [-0.2, 0) is 19.7 Å². The number of carbonyl (C=O) groups is 4. The summed E-state index contributed by atoms with van der Waals surface area (Å²) in [4.78, 5) is 50.0. The fourth-order valence-corrected chi connectivity index (χ4v) is 5.29. The molecular weight excluding hydrogens is 608 g/mol. The van der Waals surface area contributed by atoms with Gasteiger partial charge in [-0.2, -0.15) is 8.42 Å². The van der Waals surface area contributed by atoms with E-state index in [1.807, 2.05) is 6.92 Å². The minimum absolute atomic E-state index is 0.0141. The van der Waals surface area contributed by atoms with Gasteiger partial charge in [0, 0.05) is 0 Å². The number of nitrogens with zero attached hydrogens (tertiary/aromatic N) is 1. The van der Waals surface area contributed by atoms with Crippen molar-refractivity contribution in [3.05, 3.63) is 87.4 Å². The molecule has 1 fully saturated rings. The van der Waals surface area contributed by atoms with Crippen LogP contribution in [0.5, 0.6) is 11.5 Å². The zero-order valence-corrected chi connectivity index (χ0v) is 23.4. The number of amides is 4. The molecule has 0 unspecified atom stereocenters. The third-order valence-electron chi connectivity index (χ3n) is 5.62. The number of carboxylic acid groups (broad SMARTS) is 1. The number of anilines is 1. The molecule has 1 aliphatic rings. The lowest BCUT2D eigenvalue weighted by atomic mass is 10.1. The van der Waals surface area contributed by atoms with Crippen molar-refractivity contribution in [2.45, 2.75) is 18.7 Å². The van der Waals surface area contributed by atoms with E-state index in [-0.39, 0.29) is 44.3 Å². The van der Waals surface area contributed by atoms with E-state index in [0.29, 0.717) is 4.90 Å². The van der Waals surface area contributed by atoms with Crippen LogP contribution in [0.4, 0.5) is 10.5 Å². The molecular formula is C27H21BrN2O9S. The van der Waals surface area contributed by atoms with E-state index < -0.39 is 39.5 Å². The van der Waals surface area contributed by atoms with Gasteiger partial charge in [0.15, 0.2) is 11.5 Å². The lowest BCUT2D eigenvalue weighted by molar-refractivity contribution is -0.122. The van der Waals surface area contributed by atoms with Gasteiger partial charge in [0.05, 0.1) is 22.3 Å². The summed E-state index contributed by atoms with van der Waals surface area (Å²) in [5.74, 6) is -3.22. The Balaban J connectivity index is 1.70. The minimum Gasteiger partial charge on any atom is -0.490 e. The van der Waals surface area contributed by atoms with Gasteiger partial charge >= 0.3 is 22.1 Å². The van der Waals surface area contributed by atoms with E-state index in [2.05, 4.69) is 21.2 Å².